The summed E-state index contributed by atoms with van der Waals surface area (Å²) in [7, 11) is -0.427. The van der Waals surface area contributed by atoms with E-state index < -0.39 is 7.14 Å². The number of hydrogen-bond acceptors (Lipinski definition) is 3. The summed E-state index contributed by atoms with van der Waals surface area (Å²) in [5, 5.41) is 7.28. The SMILES string of the molecule is CNc1ccc(P(C)(C)=O)n2nccc12. The maximum atomic E-state index is 12.0. The van der Waals surface area contributed by atoms with Crippen LogP contribution in [-0.2, 0) is 4.57 Å². The summed E-state index contributed by atoms with van der Waals surface area (Å²) in [6.45, 7) is 3.50. The smallest absolute Gasteiger partial charge is 0.127 e. The first kappa shape index (κ1) is 10.2. The summed E-state index contributed by atoms with van der Waals surface area (Å²) < 4.78 is 13.8. The Morgan fingerprint density at radius 3 is 2.67 bits per heavy atom. The van der Waals surface area contributed by atoms with E-state index in [4.69, 9.17) is 0 Å². The Balaban J connectivity index is 2.80. The molecule has 0 aliphatic carbocycles. The van der Waals surface area contributed by atoms with E-state index >= 15 is 0 Å². The highest BCUT2D eigenvalue weighted by Gasteiger charge is 2.16. The van der Waals surface area contributed by atoms with Gasteiger partial charge in [-0.05, 0) is 31.5 Å². The van der Waals surface area contributed by atoms with Crippen molar-refractivity contribution in [1.82, 2.24) is 9.61 Å². The Kier molecular flexibility index (Phi) is 2.31. The fourth-order valence-electron chi connectivity index (χ4n) is 1.62. The highest BCUT2D eigenvalue weighted by Crippen LogP contribution is 2.35. The van der Waals surface area contributed by atoms with E-state index in [0.717, 1.165) is 16.6 Å². The molecule has 4 nitrogen and oxygen atoms in total. The van der Waals surface area contributed by atoms with Crippen molar-refractivity contribution < 1.29 is 4.57 Å². The Hall–Kier alpha value is -1.28. The summed E-state index contributed by atoms with van der Waals surface area (Å²) in [6, 6.07) is 5.71. The predicted molar refractivity (Wildman–Crippen MR) is 63.8 cm³/mol. The van der Waals surface area contributed by atoms with Crippen molar-refractivity contribution in [3.63, 3.8) is 0 Å². The number of fused-ring (bicyclic) bond motifs is 1. The largest absolute Gasteiger partial charge is 0.386 e. The first-order valence-corrected chi connectivity index (χ1v) is 7.34. The molecule has 1 N–H and O–H groups in total. The van der Waals surface area contributed by atoms with Gasteiger partial charge in [-0.2, -0.15) is 5.10 Å². The fraction of sp³-hybridized carbons (Fsp3) is 0.300. The van der Waals surface area contributed by atoms with Crippen LogP contribution in [0.25, 0.3) is 5.52 Å². The lowest BCUT2D eigenvalue weighted by Crippen LogP contribution is -2.15. The van der Waals surface area contributed by atoms with Crippen molar-refractivity contribution in [3.8, 4) is 0 Å². The number of aromatic nitrogens is 2. The second-order valence-corrected chi connectivity index (χ2v) is 6.99. The van der Waals surface area contributed by atoms with Crippen molar-refractivity contribution in [1.29, 1.82) is 0 Å². The van der Waals surface area contributed by atoms with E-state index in [2.05, 4.69) is 10.4 Å². The van der Waals surface area contributed by atoms with Gasteiger partial charge in [0.15, 0.2) is 0 Å². The summed E-state index contributed by atoms with van der Waals surface area (Å²) in [4.78, 5) is 0. The molecular formula is C10H14N3OP. The molecular weight excluding hydrogens is 209 g/mol. The molecule has 0 unspecified atom stereocenters. The minimum absolute atomic E-state index is 0.779. The van der Waals surface area contributed by atoms with Gasteiger partial charge >= 0.3 is 0 Å². The van der Waals surface area contributed by atoms with Crippen molar-refractivity contribution in [2.75, 3.05) is 25.7 Å². The second kappa shape index (κ2) is 3.38. The van der Waals surface area contributed by atoms with Gasteiger partial charge in [0.25, 0.3) is 0 Å². The van der Waals surface area contributed by atoms with Gasteiger partial charge in [-0.15, -0.1) is 0 Å². The van der Waals surface area contributed by atoms with Crippen molar-refractivity contribution in [2.45, 2.75) is 0 Å². The minimum atomic E-state index is -2.29. The molecule has 0 atom stereocenters. The van der Waals surface area contributed by atoms with E-state index in [1.54, 1.807) is 24.0 Å². The van der Waals surface area contributed by atoms with Crippen LogP contribution in [0.15, 0.2) is 24.4 Å². The van der Waals surface area contributed by atoms with Crippen LogP contribution in [0.3, 0.4) is 0 Å². The molecule has 2 aromatic rings. The number of pyridine rings is 1. The van der Waals surface area contributed by atoms with Crippen LogP contribution in [-0.4, -0.2) is 30.0 Å². The molecule has 0 spiro atoms. The number of nitrogens with zero attached hydrogens (tertiary/aromatic N) is 2. The van der Waals surface area contributed by atoms with Crippen LogP contribution in [0.2, 0.25) is 0 Å². The Labute approximate surface area is 88.7 Å². The van der Waals surface area contributed by atoms with Crippen molar-refractivity contribution in [3.05, 3.63) is 24.4 Å². The van der Waals surface area contributed by atoms with Gasteiger partial charge in [0.2, 0.25) is 0 Å². The predicted octanol–water partition coefficient (Wildman–Crippen LogP) is 1.62. The zero-order valence-electron chi connectivity index (χ0n) is 9.06. The second-order valence-electron chi connectivity index (χ2n) is 3.83. The molecule has 0 bridgehead atoms. The van der Waals surface area contributed by atoms with Crippen LogP contribution < -0.4 is 10.8 Å². The summed E-state index contributed by atoms with van der Waals surface area (Å²) in [5.41, 5.74) is 2.73. The lowest BCUT2D eigenvalue weighted by atomic mass is 10.3. The third-order valence-electron chi connectivity index (χ3n) is 2.36. The Morgan fingerprint density at radius 1 is 1.33 bits per heavy atom. The average Bonchev–Trinajstić information content (AvgIpc) is 2.62. The molecule has 80 valence electrons. The molecule has 2 rings (SSSR count). The summed E-state index contributed by atoms with van der Waals surface area (Å²) in [5.74, 6) is 0. The third kappa shape index (κ3) is 1.65. The van der Waals surface area contributed by atoms with Gasteiger partial charge in [-0.1, -0.05) is 0 Å². The lowest BCUT2D eigenvalue weighted by molar-refractivity contribution is 0.587. The molecule has 0 aliphatic heterocycles. The first-order valence-electron chi connectivity index (χ1n) is 4.74. The molecule has 0 radical (unpaired) electrons. The zero-order chi connectivity index (χ0) is 11.1. The number of anilines is 1. The highest BCUT2D eigenvalue weighted by molar-refractivity contribution is 7.69. The monoisotopic (exact) mass is 223 g/mol. The van der Waals surface area contributed by atoms with Gasteiger partial charge < -0.3 is 9.88 Å². The fourth-order valence-corrected chi connectivity index (χ4v) is 2.67. The topological polar surface area (TPSA) is 46.4 Å². The van der Waals surface area contributed by atoms with Crippen molar-refractivity contribution >= 4 is 23.8 Å². The van der Waals surface area contributed by atoms with Gasteiger partial charge in [0.05, 0.1) is 17.4 Å². The molecule has 0 aliphatic rings. The molecule has 0 saturated heterocycles. The van der Waals surface area contributed by atoms with Gasteiger partial charge in [-0.25, -0.2) is 4.52 Å². The molecule has 0 saturated carbocycles. The number of rotatable bonds is 2. The normalized spacial score (nSPS) is 11.9. The van der Waals surface area contributed by atoms with Crippen LogP contribution in [0, 0.1) is 0 Å². The minimum Gasteiger partial charge on any atom is -0.386 e. The Morgan fingerprint density at radius 2 is 2.07 bits per heavy atom. The van der Waals surface area contributed by atoms with Gasteiger partial charge in [-0.3, -0.25) is 0 Å². The van der Waals surface area contributed by atoms with Crippen LogP contribution in [0.1, 0.15) is 0 Å². The average molecular weight is 223 g/mol. The van der Waals surface area contributed by atoms with Crippen LogP contribution in [0.4, 0.5) is 5.69 Å². The Bertz CT molecular complexity index is 541. The third-order valence-corrected chi connectivity index (χ3v) is 3.80. The molecule has 0 aromatic carbocycles. The summed E-state index contributed by atoms with van der Waals surface area (Å²) >= 11 is 0. The number of hydrogen-bond donors (Lipinski definition) is 1. The quantitative estimate of drug-likeness (QED) is 0.787. The highest BCUT2D eigenvalue weighted by atomic mass is 31.2. The van der Waals surface area contributed by atoms with Crippen molar-refractivity contribution in [2.24, 2.45) is 0 Å². The first-order chi connectivity index (χ1) is 7.04. The molecule has 15 heavy (non-hydrogen) atoms. The lowest BCUT2D eigenvalue weighted by Gasteiger charge is -2.11. The van der Waals surface area contributed by atoms with Crippen LogP contribution >= 0.6 is 7.14 Å². The van der Waals surface area contributed by atoms with Crippen LogP contribution in [0.5, 0.6) is 0 Å². The van der Waals surface area contributed by atoms with Gasteiger partial charge in [0.1, 0.15) is 12.6 Å². The maximum absolute atomic E-state index is 12.0. The van der Waals surface area contributed by atoms with E-state index in [0.29, 0.717) is 0 Å². The van der Waals surface area contributed by atoms with E-state index in [1.165, 1.54) is 0 Å². The molecule has 2 heterocycles. The maximum Gasteiger partial charge on any atom is 0.127 e. The van der Waals surface area contributed by atoms with E-state index in [-0.39, 0.29) is 0 Å². The summed E-state index contributed by atoms with van der Waals surface area (Å²) in [6.07, 6.45) is 1.72. The zero-order valence-corrected chi connectivity index (χ0v) is 9.95. The molecule has 0 fully saturated rings. The van der Waals surface area contributed by atoms with E-state index in [1.807, 2.05) is 25.2 Å². The standard InChI is InChI=1S/C10H14N3OP/c1-11-8-4-5-10(15(2,3)14)13-9(8)6-7-12-13/h4-7,11H,1-3H3. The molecule has 2 aromatic heterocycles. The molecule has 0 amide bonds. The molecule has 5 heteroatoms. The van der Waals surface area contributed by atoms with E-state index in [9.17, 15) is 4.57 Å². The van der Waals surface area contributed by atoms with Gasteiger partial charge in [0, 0.05) is 7.05 Å². The number of nitrogens with one attached hydrogen (secondary N) is 1.